The van der Waals surface area contributed by atoms with Crippen molar-refractivity contribution in [2.75, 3.05) is 6.61 Å². The molecule has 0 aromatic carbocycles. The number of hydrogen-bond acceptors (Lipinski definition) is 3. The van der Waals surface area contributed by atoms with E-state index in [0.29, 0.717) is 6.61 Å². The number of rotatable bonds is 5. The third-order valence-corrected chi connectivity index (χ3v) is 0.889. The van der Waals surface area contributed by atoms with Crippen molar-refractivity contribution in [3.8, 4) is 0 Å². The highest BCUT2D eigenvalue weighted by Gasteiger charge is 1.93. The lowest BCUT2D eigenvalue weighted by Gasteiger charge is -1.97. The normalized spacial score (nSPS) is 8.90. The Kier molecular flexibility index (Phi) is 5.77. The van der Waals surface area contributed by atoms with Crippen LogP contribution in [0.3, 0.4) is 0 Å². The standard InChI is InChI=1S/C7H12O3/c1-3-5-6-9-10-7(8)4-2/h4H,2-3,5-6H2,1H3. The second kappa shape index (κ2) is 6.29. The molecule has 0 spiro atoms. The second-order valence-electron chi connectivity index (χ2n) is 1.78. The third-order valence-electron chi connectivity index (χ3n) is 0.889. The number of unbranched alkanes of at least 4 members (excludes halogenated alkanes) is 1. The Morgan fingerprint density at radius 3 is 2.90 bits per heavy atom. The molecule has 10 heavy (non-hydrogen) atoms. The Balaban J connectivity index is 3.03. The summed E-state index contributed by atoms with van der Waals surface area (Å²) in [6.45, 7) is 5.69. The molecule has 3 nitrogen and oxygen atoms in total. The fourth-order valence-corrected chi connectivity index (χ4v) is 0.337. The first-order valence-electron chi connectivity index (χ1n) is 3.27. The van der Waals surface area contributed by atoms with E-state index in [1.54, 1.807) is 0 Å². The summed E-state index contributed by atoms with van der Waals surface area (Å²) >= 11 is 0. The molecule has 0 saturated heterocycles. The van der Waals surface area contributed by atoms with Crippen LogP contribution >= 0.6 is 0 Å². The molecule has 0 atom stereocenters. The molecule has 0 saturated carbocycles. The summed E-state index contributed by atoms with van der Waals surface area (Å²) < 4.78 is 0. The number of carbonyl (C=O) groups is 1. The first-order chi connectivity index (χ1) is 4.81. The molecule has 0 heterocycles. The lowest BCUT2D eigenvalue weighted by molar-refractivity contribution is -0.267. The molecule has 0 aliphatic carbocycles. The first kappa shape index (κ1) is 9.17. The van der Waals surface area contributed by atoms with Crippen molar-refractivity contribution < 1.29 is 14.6 Å². The molecule has 0 fully saturated rings. The summed E-state index contributed by atoms with van der Waals surface area (Å²) in [4.78, 5) is 19.1. The average Bonchev–Trinajstić information content (AvgIpc) is 1.98. The molecule has 0 amide bonds. The van der Waals surface area contributed by atoms with Crippen LogP contribution in [0.4, 0.5) is 0 Å². The van der Waals surface area contributed by atoms with Crippen LogP contribution in [0, 0.1) is 0 Å². The minimum absolute atomic E-state index is 0.454. The summed E-state index contributed by atoms with van der Waals surface area (Å²) in [5, 5.41) is 0. The molecule has 0 aromatic rings. The van der Waals surface area contributed by atoms with Gasteiger partial charge in [0.1, 0.15) is 0 Å². The van der Waals surface area contributed by atoms with E-state index in [4.69, 9.17) is 0 Å². The predicted molar refractivity (Wildman–Crippen MR) is 37.1 cm³/mol. The van der Waals surface area contributed by atoms with E-state index in [9.17, 15) is 4.79 Å². The second-order valence-corrected chi connectivity index (χ2v) is 1.78. The van der Waals surface area contributed by atoms with Gasteiger partial charge in [-0.3, -0.25) is 4.89 Å². The van der Waals surface area contributed by atoms with Gasteiger partial charge in [-0.1, -0.05) is 19.9 Å². The van der Waals surface area contributed by atoms with Crippen LogP contribution < -0.4 is 0 Å². The maximum Gasteiger partial charge on any atom is 0.365 e. The van der Waals surface area contributed by atoms with Gasteiger partial charge < -0.3 is 0 Å². The van der Waals surface area contributed by atoms with Crippen LogP contribution in [0.5, 0.6) is 0 Å². The topological polar surface area (TPSA) is 35.5 Å². The van der Waals surface area contributed by atoms with Crippen molar-refractivity contribution in [1.82, 2.24) is 0 Å². The highest BCUT2D eigenvalue weighted by Crippen LogP contribution is 1.89. The molecule has 0 aliphatic heterocycles. The maximum absolute atomic E-state index is 10.3. The Bertz CT molecular complexity index is 109. The van der Waals surface area contributed by atoms with Gasteiger partial charge in [0.2, 0.25) is 0 Å². The minimum atomic E-state index is -0.545. The average molecular weight is 144 g/mol. The first-order valence-corrected chi connectivity index (χ1v) is 3.27. The van der Waals surface area contributed by atoms with Crippen LogP contribution in [0.1, 0.15) is 19.8 Å². The van der Waals surface area contributed by atoms with Gasteiger partial charge in [0.15, 0.2) is 0 Å². The molecular weight excluding hydrogens is 132 g/mol. The zero-order valence-corrected chi connectivity index (χ0v) is 6.13. The van der Waals surface area contributed by atoms with Crippen molar-refractivity contribution in [1.29, 1.82) is 0 Å². The van der Waals surface area contributed by atoms with Gasteiger partial charge in [-0.25, -0.2) is 4.79 Å². The van der Waals surface area contributed by atoms with Crippen molar-refractivity contribution in [3.63, 3.8) is 0 Å². The highest BCUT2D eigenvalue weighted by atomic mass is 17.2. The van der Waals surface area contributed by atoms with Gasteiger partial charge in [0.25, 0.3) is 0 Å². The van der Waals surface area contributed by atoms with E-state index < -0.39 is 5.97 Å². The van der Waals surface area contributed by atoms with E-state index in [0.717, 1.165) is 18.9 Å². The van der Waals surface area contributed by atoms with Crippen LogP contribution in [0.15, 0.2) is 12.7 Å². The monoisotopic (exact) mass is 144 g/mol. The summed E-state index contributed by atoms with van der Waals surface area (Å²) in [6.07, 6.45) is 2.97. The van der Waals surface area contributed by atoms with Gasteiger partial charge in [-0.15, -0.1) is 0 Å². The van der Waals surface area contributed by atoms with E-state index in [2.05, 4.69) is 16.4 Å². The Morgan fingerprint density at radius 1 is 1.70 bits per heavy atom. The molecule has 0 unspecified atom stereocenters. The molecule has 3 heteroatoms. The Labute approximate surface area is 60.6 Å². The van der Waals surface area contributed by atoms with E-state index in [1.807, 2.05) is 6.92 Å². The Morgan fingerprint density at radius 2 is 2.40 bits per heavy atom. The van der Waals surface area contributed by atoms with Crippen molar-refractivity contribution in [3.05, 3.63) is 12.7 Å². The van der Waals surface area contributed by atoms with Gasteiger partial charge in [0, 0.05) is 6.08 Å². The molecule has 0 N–H and O–H groups in total. The predicted octanol–water partition coefficient (Wildman–Crippen LogP) is 1.45. The van der Waals surface area contributed by atoms with Crippen molar-refractivity contribution in [2.45, 2.75) is 19.8 Å². The molecule has 0 rings (SSSR count). The van der Waals surface area contributed by atoms with Crippen molar-refractivity contribution >= 4 is 5.97 Å². The summed E-state index contributed by atoms with van der Waals surface area (Å²) in [5.41, 5.74) is 0. The SMILES string of the molecule is C=CC(=O)OOCCCC. The fraction of sp³-hybridized carbons (Fsp3) is 0.571. The largest absolute Gasteiger partial charge is 0.365 e. The van der Waals surface area contributed by atoms with Crippen LogP contribution in [-0.2, 0) is 14.6 Å². The molecule has 58 valence electrons. The lowest BCUT2D eigenvalue weighted by Crippen LogP contribution is -2.02. The zero-order chi connectivity index (χ0) is 7.82. The summed E-state index contributed by atoms with van der Waals surface area (Å²) in [5.74, 6) is -0.545. The van der Waals surface area contributed by atoms with E-state index >= 15 is 0 Å². The van der Waals surface area contributed by atoms with Crippen LogP contribution in [-0.4, -0.2) is 12.6 Å². The Hall–Kier alpha value is -0.830. The summed E-state index contributed by atoms with van der Waals surface area (Å²) in [6, 6.07) is 0. The highest BCUT2D eigenvalue weighted by molar-refractivity contribution is 5.80. The molecule has 0 bridgehead atoms. The lowest BCUT2D eigenvalue weighted by atomic mass is 10.4. The fourth-order valence-electron chi connectivity index (χ4n) is 0.337. The van der Waals surface area contributed by atoms with E-state index in [-0.39, 0.29) is 0 Å². The molecule has 0 aliphatic rings. The number of carbonyl (C=O) groups excluding carboxylic acids is 1. The maximum atomic E-state index is 10.3. The van der Waals surface area contributed by atoms with Crippen LogP contribution in [0.2, 0.25) is 0 Å². The van der Waals surface area contributed by atoms with Gasteiger partial charge in [0.05, 0.1) is 6.61 Å². The van der Waals surface area contributed by atoms with Crippen LogP contribution in [0.25, 0.3) is 0 Å². The van der Waals surface area contributed by atoms with Gasteiger partial charge in [-0.2, -0.15) is 4.89 Å². The quantitative estimate of drug-likeness (QED) is 0.253. The minimum Gasteiger partial charge on any atom is -0.294 e. The smallest absolute Gasteiger partial charge is 0.294 e. The molecule has 0 aromatic heterocycles. The summed E-state index contributed by atoms with van der Waals surface area (Å²) in [7, 11) is 0. The zero-order valence-electron chi connectivity index (χ0n) is 6.13. The third kappa shape index (κ3) is 5.31. The number of hydrogen-bond donors (Lipinski definition) is 0. The van der Waals surface area contributed by atoms with Gasteiger partial charge in [-0.05, 0) is 6.42 Å². The molecular formula is C7H12O3. The van der Waals surface area contributed by atoms with E-state index in [1.165, 1.54) is 0 Å². The van der Waals surface area contributed by atoms with Gasteiger partial charge >= 0.3 is 5.97 Å². The van der Waals surface area contributed by atoms with Crippen molar-refractivity contribution in [2.24, 2.45) is 0 Å². The molecule has 0 radical (unpaired) electrons.